The maximum Gasteiger partial charge on any atom is 0.264 e. The Morgan fingerprint density at radius 2 is 1.54 bits per heavy atom. The standard InChI is InChI=1S/C29H35N3O4S/c1-2-36-27-17-15-26(16-18-27)32(37(34,35)28-13-5-3-6-14-28)23-29(33)30-21-24-11-7-8-12-25(24)22-31-19-9-4-10-20-31/h3,5-8,11-18H,2,4,9-10,19-23H2,1H3,(H,30,33). The van der Waals surface area contributed by atoms with Crippen LogP contribution in [0.25, 0.3) is 0 Å². The van der Waals surface area contributed by atoms with Gasteiger partial charge in [-0.2, -0.15) is 0 Å². The topological polar surface area (TPSA) is 79.0 Å². The third-order valence-electron chi connectivity index (χ3n) is 6.49. The van der Waals surface area contributed by atoms with Gasteiger partial charge in [0, 0.05) is 13.1 Å². The summed E-state index contributed by atoms with van der Waals surface area (Å²) in [6.07, 6.45) is 3.72. The second kappa shape index (κ2) is 12.7. The Balaban J connectivity index is 1.50. The maximum atomic E-state index is 13.5. The van der Waals surface area contributed by atoms with E-state index in [1.165, 1.54) is 37.0 Å². The minimum absolute atomic E-state index is 0.128. The predicted octanol–water partition coefficient (Wildman–Crippen LogP) is 4.58. The number of sulfonamides is 1. The van der Waals surface area contributed by atoms with Gasteiger partial charge in [-0.05, 0) is 80.4 Å². The number of carbonyl (C=O) groups is 1. The van der Waals surface area contributed by atoms with E-state index in [9.17, 15) is 13.2 Å². The van der Waals surface area contributed by atoms with E-state index in [2.05, 4.69) is 16.3 Å². The molecule has 3 aromatic rings. The van der Waals surface area contributed by atoms with Crippen molar-refractivity contribution in [1.29, 1.82) is 0 Å². The summed E-state index contributed by atoms with van der Waals surface area (Å²) in [6.45, 7) is 5.43. The van der Waals surface area contributed by atoms with Crippen LogP contribution in [0.2, 0.25) is 0 Å². The molecule has 7 nitrogen and oxygen atoms in total. The number of ether oxygens (including phenoxy) is 1. The monoisotopic (exact) mass is 521 g/mol. The second-order valence-corrected chi connectivity index (χ2v) is 11.0. The summed E-state index contributed by atoms with van der Waals surface area (Å²) < 4.78 is 33.7. The van der Waals surface area contributed by atoms with Crippen molar-refractivity contribution < 1.29 is 17.9 Å². The van der Waals surface area contributed by atoms with Crippen molar-refractivity contribution >= 4 is 21.6 Å². The summed E-state index contributed by atoms with van der Waals surface area (Å²) in [6, 6.07) is 23.0. The molecule has 0 radical (unpaired) electrons. The van der Waals surface area contributed by atoms with E-state index >= 15 is 0 Å². The van der Waals surface area contributed by atoms with Gasteiger partial charge in [-0.25, -0.2) is 8.42 Å². The highest BCUT2D eigenvalue weighted by molar-refractivity contribution is 7.92. The highest BCUT2D eigenvalue weighted by Gasteiger charge is 2.27. The smallest absolute Gasteiger partial charge is 0.264 e. The summed E-state index contributed by atoms with van der Waals surface area (Å²) in [5.74, 6) is 0.263. The first-order chi connectivity index (χ1) is 18.0. The third-order valence-corrected chi connectivity index (χ3v) is 8.28. The minimum atomic E-state index is -3.96. The highest BCUT2D eigenvalue weighted by atomic mass is 32.2. The molecule has 0 atom stereocenters. The maximum absolute atomic E-state index is 13.5. The molecule has 4 rings (SSSR count). The number of likely N-dealkylation sites (tertiary alicyclic amines) is 1. The molecule has 1 heterocycles. The van der Waals surface area contributed by atoms with Gasteiger partial charge in [0.25, 0.3) is 10.0 Å². The van der Waals surface area contributed by atoms with Crippen LogP contribution in [0.1, 0.15) is 37.3 Å². The molecule has 8 heteroatoms. The zero-order valence-corrected chi connectivity index (χ0v) is 22.1. The van der Waals surface area contributed by atoms with Crippen molar-refractivity contribution in [2.24, 2.45) is 0 Å². The molecule has 1 aliphatic rings. The van der Waals surface area contributed by atoms with E-state index in [4.69, 9.17) is 4.74 Å². The Kier molecular flexibility index (Phi) is 9.19. The fourth-order valence-corrected chi connectivity index (χ4v) is 5.97. The Morgan fingerprint density at radius 3 is 2.22 bits per heavy atom. The lowest BCUT2D eigenvalue weighted by Gasteiger charge is -2.27. The average molecular weight is 522 g/mol. The molecule has 1 amide bonds. The quantitative estimate of drug-likeness (QED) is 0.400. The van der Waals surface area contributed by atoms with Crippen molar-refractivity contribution in [2.75, 3.05) is 30.5 Å². The molecule has 196 valence electrons. The summed E-state index contributed by atoms with van der Waals surface area (Å²) in [7, 11) is -3.96. The molecule has 1 N–H and O–H groups in total. The lowest BCUT2D eigenvalue weighted by Crippen LogP contribution is -2.40. The number of nitrogens with one attached hydrogen (secondary N) is 1. The molecule has 37 heavy (non-hydrogen) atoms. The summed E-state index contributed by atoms with van der Waals surface area (Å²) in [4.78, 5) is 15.7. The second-order valence-electron chi connectivity index (χ2n) is 9.13. The van der Waals surface area contributed by atoms with Crippen LogP contribution in [-0.4, -0.2) is 45.5 Å². The van der Waals surface area contributed by atoms with Crippen LogP contribution in [0.15, 0.2) is 83.8 Å². The van der Waals surface area contributed by atoms with Crippen LogP contribution >= 0.6 is 0 Å². The first-order valence-corrected chi connectivity index (χ1v) is 14.3. The first-order valence-electron chi connectivity index (χ1n) is 12.8. The van der Waals surface area contributed by atoms with Crippen molar-refractivity contribution in [1.82, 2.24) is 10.2 Å². The van der Waals surface area contributed by atoms with Crippen LogP contribution in [-0.2, 0) is 27.9 Å². The lowest BCUT2D eigenvalue weighted by atomic mass is 10.0. The molecule has 0 bridgehead atoms. The number of anilines is 1. The molecular weight excluding hydrogens is 486 g/mol. The minimum Gasteiger partial charge on any atom is -0.494 e. The molecular formula is C29H35N3O4S. The van der Waals surface area contributed by atoms with Gasteiger partial charge in [-0.15, -0.1) is 0 Å². The van der Waals surface area contributed by atoms with Gasteiger partial charge in [-0.1, -0.05) is 48.9 Å². The number of hydrogen-bond donors (Lipinski definition) is 1. The SMILES string of the molecule is CCOc1ccc(N(CC(=O)NCc2ccccc2CN2CCCCC2)S(=O)(=O)c2ccccc2)cc1. The molecule has 1 aliphatic heterocycles. The highest BCUT2D eigenvalue weighted by Crippen LogP contribution is 2.26. The number of piperidine rings is 1. The summed E-state index contributed by atoms with van der Waals surface area (Å²) in [5.41, 5.74) is 2.62. The van der Waals surface area contributed by atoms with Crippen molar-refractivity contribution in [2.45, 2.75) is 44.2 Å². The first kappa shape index (κ1) is 26.7. The molecule has 3 aromatic carbocycles. The molecule has 0 spiro atoms. The fourth-order valence-electron chi connectivity index (χ4n) is 4.53. The number of rotatable bonds is 11. The van der Waals surface area contributed by atoms with Crippen LogP contribution in [0, 0.1) is 0 Å². The van der Waals surface area contributed by atoms with Crippen molar-refractivity contribution in [3.63, 3.8) is 0 Å². The van der Waals surface area contributed by atoms with E-state index in [1.54, 1.807) is 42.5 Å². The molecule has 0 aromatic heterocycles. The van der Waals surface area contributed by atoms with Gasteiger partial charge in [0.1, 0.15) is 12.3 Å². The molecule has 0 unspecified atom stereocenters. The molecule has 0 aliphatic carbocycles. The van der Waals surface area contributed by atoms with Gasteiger partial charge >= 0.3 is 0 Å². The molecule has 1 fully saturated rings. The molecule has 1 saturated heterocycles. The van der Waals surface area contributed by atoms with Crippen LogP contribution in [0.3, 0.4) is 0 Å². The Bertz CT molecular complexity index is 1260. The van der Waals surface area contributed by atoms with Crippen molar-refractivity contribution in [3.05, 3.63) is 90.0 Å². The van der Waals surface area contributed by atoms with Crippen LogP contribution < -0.4 is 14.4 Å². The number of carbonyl (C=O) groups excluding carboxylic acids is 1. The van der Waals surface area contributed by atoms with E-state index in [0.29, 0.717) is 24.6 Å². The van der Waals surface area contributed by atoms with Crippen molar-refractivity contribution in [3.8, 4) is 5.75 Å². The predicted molar refractivity (Wildman–Crippen MR) is 146 cm³/mol. The lowest BCUT2D eigenvalue weighted by molar-refractivity contribution is -0.119. The third kappa shape index (κ3) is 7.11. The van der Waals surface area contributed by atoms with Gasteiger partial charge in [0.15, 0.2) is 0 Å². The normalized spacial score (nSPS) is 14.2. The van der Waals surface area contributed by atoms with E-state index in [-0.39, 0.29) is 17.3 Å². The van der Waals surface area contributed by atoms with E-state index in [1.807, 2.05) is 25.1 Å². The van der Waals surface area contributed by atoms with Gasteiger partial charge in [0.05, 0.1) is 17.2 Å². The Labute approximate surface area is 220 Å². The summed E-state index contributed by atoms with van der Waals surface area (Å²) in [5, 5.41) is 2.94. The van der Waals surface area contributed by atoms with E-state index < -0.39 is 10.0 Å². The van der Waals surface area contributed by atoms with Crippen LogP contribution in [0.4, 0.5) is 5.69 Å². The Hall–Kier alpha value is -3.36. The van der Waals surface area contributed by atoms with Gasteiger partial charge in [-0.3, -0.25) is 14.0 Å². The number of hydrogen-bond acceptors (Lipinski definition) is 5. The average Bonchev–Trinajstić information content (AvgIpc) is 2.93. The number of amides is 1. The zero-order chi connectivity index (χ0) is 26.1. The fraction of sp³-hybridized carbons (Fsp3) is 0.345. The molecule has 0 saturated carbocycles. The van der Waals surface area contributed by atoms with Crippen LogP contribution in [0.5, 0.6) is 5.75 Å². The number of benzene rings is 3. The van der Waals surface area contributed by atoms with E-state index in [0.717, 1.165) is 29.5 Å². The summed E-state index contributed by atoms with van der Waals surface area (Å²) >= 11 is 0. The largest absolute Gasteiger partial charge is 0.494 e. The zero-order valence-electron chi connectivity index (χ0n) is 21.3. The van der Waals surface area contributed by atoms with Gasteiger partial charge < -0.3 is 10.1 Å². The number of nitrogens with zero attached hydrogens (tertiary/aromatic N) is 2. The van der Waals surface area contributed by atoms with Gasteiger partial charge in [0.2, 0.25) is 5.91 Å². The Morgan fingerprint density at radius 1 is 0.892 bits per heavy atom.